The van der Waals surface area contributed by atoms with Crippen molar-refractivity contribution < 1.29 is 4.84 Å². The zero-order valence-electron chi connectivity index (χ0n) is 6.95. The van der Waals surface area contributed by atoms with E-state index in [0.717, 1.165) is 0 Å². The molecule has 2 nitrogen and oxygen atoms in total. The molecule has 0 bridgehead atoms. The van der Waals surface area contributed by atoms with Crippen LogP contribution in [0.2, 0.25) is 0 Å². The lowest BCUT2D eigenvalue weighted by atomic mass is 10.2. The number of nitrogens with one attached hydrogen (secondary N) is 1. The molecule has 11 heavy (non-hydrogen) atoms. The zero-order valence-corrected chi connectivity index (χ0v) is 8.46. The highest BCUT2D eigenvalue weighted by molar-refractivity contribution is 6.36. The van der Waals surface area contributed by atoms with Gasteiger partial charge in [-0.25, -0.2) is 0 Å². The molecule has 0 aliphatic carbocycles. The fraction of sp³-hybridized carbons (Fsp3) is 0.714. The van der Waals surface area contributed by atoms with Crippen LogP contribution >= 0.6 is 23.2 Å². The molecule has 0 aliphatic rings. The first-order valence-electron chi connectivity index (χ1n) is 3.31. The summed E-state index contributed by atoms with van der Waals surface area (Å²) in [5.74, 6) is 0. The lowest BCUT2D eigenvalue weighted by Gasteiger charge is -2.18. The summed E-state index contributed by atoms with van der Waals surface area (Å²) in [5, 5.41) is 0.524. The van der Waals surface area contributed by atoms with Crippen molar-refractivity contribution in [2.75, 3.05) is 6.54 Å². The molecule has 0 atom stereocenters. The summed E-state index contributed by atoms with van der Waals surface area (Å²) in [4.78, 5) is 5.17. The van der Waals surface area contributed by atoms with E-state index >= 15 is 0 Å². The Labute approximate surface area is 77.5 Å². The molecule has 0 radical (unpaired) electrons. The molecule has 0 spiro atoms. The van der Waals surface area contributed by atoms with E-state index in [-0.39, 0.29) is 5.60 Å². The standard InChI is InChI=1S/C7H13Cl2NO/c1-7(2,3)11-10-5-6(9)4-8/h4,10H,5H2,1-3H3/b6-4-. The molecule has 0 unspecified atom stereocenters. The quantitative estimate of drug-likeness (QED) is 0.703. The summed E-state index contributed by atoms with van der Waals surface area (Å²) in [7, 11) is 0. The largest absolute Gasteiger partial charge is 0.296 e. The van der Waals surface area contributed by atoms with Gasteiger partial charge in [0.1, 0.15) is 0 Å². The number of hydrogen-bond acceptors (Lipinski definition) is 2. The van der Waals surface area contributed by atoms with Crippen molar-refractivity contribution in [3.05, 3.63) is 10.6 Å². The van der Waals surface area contributed by atoms with Crippen LogP contribution in [-0.2, 0) is 4.84 Å². The van der Waals surface area contributed by atoms with Crippen LogP contribution in [0, 0.1) is 0 Å². The number of rotatable bonds is 3. The monoisotopic (exact) mass is 197 g/mol. The van der Waals surface area contributed by atoms with E-state index in [4.69, 9.17) is 28.0 Å². The molecule has 0 heterocycles. The highest BCUT2D eigenvalue weighted by Crippen LogP contribution is 2.05. The Kier molecular flexibility index (Phi) is 5.10. The maximum absolute atomic E-state index is 5.58. The molecule has 0 aromatic heterocycles. The van der Waals surface area contributed by atoms with Crippen LogP contribution in [-0.4, -0.2) is 12.1 Å². The van der Waals surface area contributed by atoms with E-state index in [1.807, 2.05) is 20.8 Å². The van der Waals surface area contributed by atoms with Gasteiger partial charge in [-0.15, -0.1) is 0 Å². The Morgan fingerprint density at radius 2 is 2.09 bits per heavy atom. The van der Waals surface area contributed by atoms with Gasteiger partial charge in [-0.2, -0.15) is 5.48 Å². The number of halogens is 2. The normalized spacial score (nSPS) is 13.7. The molecule has 66 valence electrons. The van der Waals surface area contributed by atoms with Gasteiger partial charge in [-0.3, -0.25) is 4.84 Å². The molecule has 0 aromatic rings. The smallest absolute Gasteiger partial charge is 0.0813 e. The third-order valence-corrected chi connectivity index (χ3v) is 1.36. The van der Waals surface area contributed by atoms with E-state index in [1.165, 1.54) is 5.54 Å². The van der Waals surface area contributed by atoms with E-state index in [0.29, 0.717) is 11.6 Å². The number of hydroxylamine groups is 1. The van der Waals surface area contributed by atoms with Gasteiger partial charge in [0, 0.05) is 10.6 Å². The second-order valence-electron chi connectivity index (χ2n) is 3.09. The zero-order chi connectivity index (χ0) is 8.91. The predicted octanol–water partition coefficient (Wildman–Crippen LogP) is 2.63. The van der Waals surface area contributed by atoms with Crippen molar-refractivity contribution in [2.24, 2.45) is 0 Å². The van der Waals surface area contributed by atoms with Gasteiger partial charge >= 0.3 is 0 Å². The van der Waals surface area contributed by atoms with Crippen LogP contribution in [0.25, 0.3) is 0 Å². The van der Waals surface area contributed by atoms with E-state index in [1.54, 1.807) is 0 Å². The predicted molar refractivity (Wildman–Crippen MR) is 48.6 cm³/mol. The first kappa shape index (κ1) is 11.2. The van der Waals surface area contributed by atoms with Gasteiger partial charge in [0.05, 0.1) is 12.1 Å². The van der Waals surface area contributed by atoms with Crippen LogP contribution < -0.4 is 5.48 Å². The second kappa shape index (κ2) is 4.99. The first-order valence-corrected chi connectivity index (χ1v) is 4.13. The van der Waals surface area contributed by atoms with Gasteiger partial charge in [0.15, 0.2) is 0 Å². The molecular weight excluding hydrogens is 185 g/mol. The minimum absolute atomic E-state index is 0.205. The molecule has 4 heteroatoms. The average Bonchev–Trinajstić information content (AvgIpc) is 1.85. The van der Waals surface area contributed by atoms with Crippen LogP contribution in [0.3, 0.4) is 0 Å². The van der Waals surface area contributed by atoms with Crippen molar-refractivity contribution in [3.63, 3.8) is 0 Å². The average molecular weight is 198 g/mol. The summed E-state index contributed by atoms with van der Waals surface area (Å²) in [5.41, 5.74) is 3.79. The Balaban J connectivity index is 3.43. The molecule has 0 saturated carbocycles. The fourth-order valence-corrected chi connectivity index (χ4v) is 0.492. The van der Waals surface area contributed by atoms with Crippen molar-refractivity contribution in [3.8, 4) is 0 Å². The number of hydrogen-bond donors (Lipinski definition) is 1. The second-order valence-corrected chi connectivity index (χ2v) is 3.80. The third kappa shape index (κ3) is 8.14. The van der Waals surface area contributed by atoms with Crippen LogP contribution in [0.5, 0.6) is 0 Å². The molecule has 1 N–H and O–H groups in total. The van der Waals surface area contributed by atoms with Crippen LogP contribution in [0.4, 0.5) is 0 Å². The fourth-order valence-electron chi connectivity index (χ4n) is 0.360. The molecule has 0 rings (SSSR count). The summed E-state index contributed by atoms with van der Waals surface area (Å²) in [6.07, 6.45) is 0. The Bertz CT molecular complexity index is 140. The van der Waals surface area contributed by atoms with Gasteiger partial charge < -0.3 is 0 Å². The lowest BCUT2D eigenvalue weighted by molar-refractivity contribution is -0.0680. The Hall–Kier alpha value is 0.240. The van der Waals surface area contributed by atoms with Crippen molar-refractivity contribution >= 4 is 23.2 Å². The van der Waals surface area contributed by atoms with Crippen molar-refractivity contribution in [1.82, 2.24) is 5.48 Å². The molecule has 0 aliphatic heterocycles. The van der Waals surface area contributed by atoms with Crippen molar-refractivity contribution in [1.29, 1.82) is 0 Å². The topological polar surface area (TPSA) is 21.3 Å². The van der Waals surface area contributed by atoms with Crippen LogP contribution in [0.1, 0.15) is 20.8 Å². The summed E-state index contributed by atoms with van der Waals surface area (Å²) < 4.78 is 0. The van der Waals surface area contributed by atoms with E-state index in [9.17, 15) is 0 Å². The van der Waals surface area contributed by atoms with Gasteiger partial charge in [-0.1, -0.05) is 23.2 Å². The van der Waals surface area contributed by atoms with Gasteiger partial charge in [-0.05, 0) is 20.8 Å². The maximum Gasteiger partial charge on any atom is 0.0813 e. The lowest BCUT2D eigenvalue weighted by Crippen LogP contribution is -2.29. The molecule has 0 saturated heterocycles. The summed E-state index contributed by atoms with van der Waals surface area (Å²) in [6, 6.07) is 0. The maximum atomic E-state index is 5.58. The molecular formula is C7H13Cl2NO. The van der Waals surface area contributed by atoms with Gasteiger partial charge in [0.25, 0.3) is 0 Å². The van der Waals surface area contributed by atoms with Crippen molar-refractivity contribution in [2.45, 2.75) is 26.4 Å². The van der Waals surface area contributed by atoms with Gasteiger partial charge in [0.2, 0.25) is 0 Å². The minimum Gasteiger partial charge on any atom is -0.296 e. The SMILES string of the molecule is CC(C)(C)ONC/C(Cl)=C/Cl. The first-order chi connectivity index (χ1) is 4.95. The Morgan fingerprint density at radius 1 is 1.55 bits per heavy atom. The molecule has 0 amide bonds. The minimum atomic E-state index is -0.205. The summed E-state index contributed by atoms with van der Waals surface area (Å²) in [6.45, 7) is 6.26. The third-order valence-electron chi connectivity index (χ3n) is 0.738. The highest BCUT2D eigenvalue weighted by Gasteiger charge is 2.09. The Morgan fingerprint density at radius 3 is 2.45 bits per heavy atom. The molecule has 0 fully saturated rings. The summed E-state index contributed by atoms with van der Waals surface area (Å²) >= 11 is 10.9. The highest BCUT2D eigenvalue weighted by atomic mass is 35.5. The molecule has 0 aromatic carbocycles. The van der Waals surface area contributed by atoms with E-state index in [2.05, 4.69) is 5.48 Å². The van der Waals surface area contributed by atoms with E-state index < -0.39 is 0 Å². The van der Waals surface area contributed by atoms with Crippen LogP contribution in [0.15, 0.2) is 10.6 Å².